The van der Waals surface area contributed by atoms with Crippen LogP contribution in [0.1, 0.15) is 22.4 Å². The summed E-state index contributed by atoms with van der Waals surface area (Å²) in [5.74, 6) is 1.06. The Hall–Kier alpha value is -2.56. The molecule has 1 aromatic heterocycles. The van der Waals surface area contributed by atoms with E-state index >= 15 is 0 Å². The number of nitrogens with zero attached hydrogens (tertiary/aromatic N) is 1. The highest BCUT2D eigenvalue weighted by Gasteiger charge is 2.07. The lowest BCUT2D eigenvalue weighted by molar-refractivity contribution is -0.111. The molecule has 2 rings (SSSR count). The van der Waals surface area contributed by atoms with E-state index in [4.69, 9.17) is 4.74 Å². The number of carbonyl (C=O) groups is 1. The number of rotatable bonds is 4. The van der Waals surface area contributed by atoms with Crippen LogP contribution >= 0.6 is 0 Å². The Morgan fingerprint density at radius 2 is 2.10 bits per heavy atom. The van der Waals surface area contributed by atoms with Crippen LogP contribution in [0.2, 0.25) is 0 Å². The van der Waals surface area contributed by atoms with Crippen molar-refractivity contribution < 1.29 is 9.53 Å². The van der Waals surface area contributed by atoms with Gasteiger partial charge in [0.15, 0.2) is 5.82 Å². The van der Waals surface area contributed by atoms with E-state index in [9.17, 15) is 4.79 Å². The Kier molecular flexibility index (Phi) is 4.42. The third-order valence-electron chi connectivity index (χ3n) is 3.29. The number of aryl methyl sites for hydroxylation is 2. The lowest BCUT2D eigenvalue weighted by atomic mass is 10.1. The van der Waals surface area contributed by atoms with Gasteiger partial charge in [-0.25, -0.2) is 0 Å². The minimum absolute atomic E-state index is 0.229. The highest BCUT2D eigenvalue weighted by Crippen LogP contribution is 2.21. The Labute approximate surface area is 124 Å². The van der Waals surface area contributed by atoms with Gasteiger partial charge >= 0.3 is 0 Å². The van der Waals surface area contributed by atoms with E-state index in [1.165, 1.54) is 6.08 Å². The first kappa shape index (κ1) is 14.8. The average Bonchev–Trinajstić information content (AvgIpc) is 2.77. The number of methoxy groups -OCH3 is 1. The van der Waals surface area contributed by atoms with E-state index in [-0.39, 0.29) is 5.91 Å². The maximum atomic E-state index is 11.9. The van der Waals surface area contributed by atoms with Crippen LogP contribution in [-0.4, -0.2) is 23.2 Å². The van der Waals surface area contributed by atoms with E-state index in [0.29, 0.717) is 5.82 Å². The molecule has 0 spiro atoms. The van der Waals surface area contributed by atoms with E-state index < -0.39 is 0 Å². The molecule has 0 aliphatic carbocycles. The number of carbonyl (C=O) groups excluding carboxylic acids is 1. The Morgan fingerprint density at radius 1 is 1.33 bits per heavy atom. The van der Waals surface area contributed by atoms with E-state index in [0.717, 1.165) is 28.1 Å². The standard InChI is InChI=1S/C16H19N3O2/c1-10-5-7-14(21-4)13(9-10)6-8-15(20)17-16-11(2)12(3)18-19-16/h5-9H,1-4H3,(H2,17,18,19,20)/b8-6+. The molecule has 0 saturated heterocycles. The maximum absolute atomic E-state index is 11.9. The number of anilines is 1. The van der Waals surface area contributed by atoms with Crippen molar-refractivity contribution in [2.75, 3.05) is 12.4 Å². The smallest absolute Gasteiger partial charge is 0.249 e. The van der Waals surface area contributed by atoms with Crippen molar-refractivity contribution in [3.8, 4) is 5.75 Å². The van der Waals surface area contributed by atoms with E-state index in [1.807, 2.05) is 39.0 Å². The molecule has 0 atom stereocenters. The molecule has 0 saturated carbocycles. The van der Waals surface area contributed by atoms with Crippen LogP contribution in [0.4, 0.5) is 5.82 Å². The summed E-state index contributed by atoms with van der Waals surface area (Å²) in [6.45, 7) is 5.81. The Bertz CT molecular complexity index is 687. The number of benzene rings is 1. The second-order valence-electron chi connectivity index (χ2n) is 4.89. The third kappa shape index (κ3) is 3.51. The number of aromatic amines is 1. The largest absolute Gasteiger partial charge is 0.496 e. The average molecular weight is 285 g/mol. The first-order valence-electron chi connectivity index (χ1n) is 6.66. The minimum atomic E-state index is -0.229. The predicted molar refractivity (Wildman–Crippen MR) is 83.5 cm³/mol. The normalized spacial score (nSPS) is 10.9. The highest BCUT2D eigenvalue weighted by molar-refractivity contribution is 6.02. The fourth-order valence-corrected chi connectivity index (χ4v) is 1.91. The van der Waals surface area contributed by atoms with Crippen LogP contribution in [0.25, 0.3) is 6.08 Å². The zero-order valence-electron chi connectivity index (χ0n) is 12.7. The van der Waals surface area contributed by atoms with Gasteiger partial charge in [-0.15, -0.1) is 0 Å². The van der Waals surface area contributed by atoms with Crippen LogP contribution < -0.4 is 10.1 Å². The molecule has 1 amide bonds. The number of amides is 1. The maximum Gasteiger partial charge on any atom is 0.249 e. The summed E-state index contributed by atoms with van der Waals surface area (Å²) in [6, 6.07) is 5.81. The van der Waals surface area contributed by atoms with Gasteiger partial charge in [0, 0.05) is 22.9 Å². The second kappa shape index (κ2) is 6.26. The summed E-state index contributed by atoms with van der Waals surface area (Å²) in [5.41, 5.74) is 3.84. The molecule has 0 bridgehead atoms. The minimum Gasteiger partial charge on any atom is -0.496 e. The number of H-pyrrole nitrogens is 1. The van der Waals surface area contributed by atoms with Gasteiger partial charge in [0.25, 0.3) is 0 Å². The Morgan fingerprint density at radius 3 is 2.71 bits per heavy atom. The van der Waals surface area contributed by atoms with E-state index in [2.05, 4.69) is 15.5 Å². The van der Waals surface area contributed by atoms with Crippen molar-refractivity contribution in [3.05, 3.63) is 46.7 Å². The van der Waals surface area contributed by atoms with Crippen molar-refractivity contribution in [1.29, 1.82) is 0 Å². The summed E-state index contributed by atoms with van der Waals surface area (Å²) in [6.07, 6.45) is 3.21. The molecule has 5 heteroatoms. The Balaban J connectivity index is 2.12. The van der Waals surface area contributed by atoms with Crippen molar-refractivity contribution in [1.82, 2.24) is 10.2 Å². The summed E-state index contributed by atoms with van der Waals surface area (Å²) in [7, 11) is 1.61. The molecule has 1 aromatic carbocycles. The molecule has 0 fully saturated rings. The molecular formula is C16H19N3O2. The second-order valence-corrected chi connectivity index (χ2v) is 4.89. The summed E-state index contributed by atoms with van der Waals surface area (Å²) in [4.78, 5) is 11.9. The van der Waals surface area contributed by atoms with Gasteiger partial charge in [0.1, 0.15) is 5.75 Å². The fourth-order valence-electron chi connectivity index (χ4n) is 1.91. The molecule has 2 N–H and O–H groups in total. The molecule has 5 nitrogen and oxygen atoms in total. The van der Waals surface area contributed by atoms with Crippen LogP contribution in [-0.2, 0) is 4.79 Å². The zero-order valence-corrected chi connectivity index (χ0v) is 12.7. The summed E-state index contributed by atoms with van der Waals surface area (Å²) in [5, 5.41) is 9.62. The van der Waals surface area contributed by atoms with Gasteiger partial charge in [-0.05, 0) is 39.0 Å². The van der Waals surface area contributed by atoms with Crippen molar-refractivity contribution in [2.24, 2.45) is 0 Å². The van der Waals surface area contributed by atoms with Gasteiger partial charge in [0.05, 0.1) is 7.11 Å². The quantitative estimate of drug-likeness (QED) is 0.849. The van der Waals surface area contributed by atoms with Gasteiger partial charge in [-0.3, -0.25) is 9.89 Å². The molecule has 0 aliphatic rings. The number of aromatic nitrogens is 2. The van der Waals surface area contributed by atoms with Gasteiger partial charge in [-0.1, -0.05) is 11.6 Å². The number of hydrogen-bond donors (Lipinski definition) is 2. The number of hydrogen-bond acceptors (Lipinski definition) is 3. The molecule has 21 heavy (non-hydrogen) atoms. The SMILES string of the molecule is COc1ccc(C)cc1/C=C/C(=O)Nc1n[nH]c(C)c1C. The van der Waals surface area contributed by atoms with Crippen LogP contribution in [0, 0.1) is 20.8 Å². The van der Waals surface area contributed by atoms with Crippen molar-refractivity contribution in [3.63, 3.8) is 0 Å². The lowest BCUT2D eigenvalue weighted by Gasteiger charge is -2.05. The van der Waals surface area contributed by atoms with Crippen molar-refractivity contribution in [2.45, 2.75) is 20.8 Å². The molecule has 1 heterocycles. The molecule has 0 aliphatic heterocycles. The molecular weight excluding hydrogens is 266 g/mol. The number of nitrogens with one attached hydrogen (secondary N) is 2. The summed E-state index contributed by atoms with van der Waals surface area (Å²) >= 11 is 0. The van der Waals surface area contributed by atoms with Gasteiger partial charge in [0.2, 0.25) is 5.91 Å². The van der Waals surface area contributed by atoms with Crippen LogP contribution in [0.3, 0.4) is 0 Å². The predicted octanol–water partition coefficient (Wildman–Crippen LogP) is 3.00. The number of ether oxygens (including phenoxy) is 1. The zero-order chi connectivity index (χ0) is 15.4. The monoisotopic (exact) mass is 285 g/mol. The topological polar surface area (TPSA) is 67.0 Å². The lowest BCUT2D eigenvalue weighted by Crippen LogP contribution is -2.09. The molecule has 2 aromatic rings. The molecule has 0 radical (unpaired) electrons. The first-order valence-corrected chi connectivity index (χ1v) is 6.66. The molecule has 110 valence electrons. The van der Waals surface area contributed by atoms with Gasteiger partial charge in [-0.2, -0.15) is 5.10 Å². The van der Waals surface area contributed by atoms with Crippen LogP contribution in [0.5, 0.6) is 5.75 Å². The highest BCUT2D eigenvalue weighted by atomic mass is 16.5. The van der Waals surface area contributed by atoms with E-state index in [1.54, 1.807) is 13.2 Å². The first-order chi connectivity index (χ1) is 10.0. The molecule has 0 unspecified atom stereocenters. The van der Waals surface area contributed by atoms with Gasteiger partial charge < -0.3 is 10.1 Å². The fraction of sp³-hybridized carbons (Fsp3) is 0.250. The summed E-state index contributed by atoms with van der Waals surface area (Å²) < 4.78 is 5.27. The van der Waals surface area contributed by atoms with Crippen molar-refractivity contribution >= 4 is 17.8 Å². The third-order valence-corrected chi connectivity index (χ3v) is 3.29. The van der Waals surface area contributed by atoms with Crippen LogP contribution in [0.15, 0.2) is 24.3 Å².